The molecule has 18 nitrogen and oxygen atoms in total. The van der Waals surface area contributed by atoms with Crippen LogP contribution in [0.2, 0.25) is 0 Å². The van der Waals surface area contributed by atoms with Gasteiger partial charge in [0, 0.05) is 76.2 Å². The largest absolute Gasteiger partial charge is 1.00 e. The third-order valence-corrected chi connectivity index (χ3v) is 19.2. The number of fused-ring (bicyclic) bond motifs is 3. The molecule has 0 bridgehead atoms. The summed E-state index contributed by atoms with van der Waals surface area (Å²) in [6, 6.07) is 47.8. The van der Waals surface area contributed by atoms with Crippen LogP contribution in [-0.4, -0.2) is 81.0 Å². The monoisotopic (exact) mass is 1390 g/mol. The molecule has 0 spiro atoms. The number of nitrogens with zero attached hydrogens (tertiary/aromatic N) is 7. The van der Waals surface area contributed by atoms with Gasteiger partial charge < -0.3 is 31.0 Å². The van der Waals surface area contributed by atoms with E-state index in [0.717, 1.165) is 108 Å². The van der Waals surface area contributed by atoms with Crippen LogP contribution in [0.1, 0.15) is 74.8 Å². The molecule has 1 saturated heterocycles. The average molecular weight is 1390 g/mol. The number of aromatic nitrogens is 3. The minimum absolute atomic E-state index is 0. The second-order valence-corrected chi connectivity index (χ2v) is 27.7. The molecule has 464 valence electrons. The minimum atomic E-state index is -3.42. The fraction of sp³-hybridized carbons (Fsp3) is 0.281. The zero-order chi connectivity index (χ0) is 64.5. The Balaban J connectivity index is 0.000000324. The quantitative estimate of drug-likeness (QED) is 0.0193. The van der Waals surface area contributed by atoms with Crippen molar-refractivity contribution in [1.29, 1.82) is 15.8 Å². The van der Waals surface area contributed by atoms with E-state index < -0.39 is 29.1 Å². The molecule has 1 aliphatic heterocycles. The molecule has 10 rings (SSSR count). The first kappa shape index (κ1) is 77.7. The Morgan fingerprint density at radius 2 is 0.978 bits per heavy atom. The van der Waals surface area contributed by atoms with Gasteiger partial charge in [-0.25, -0.2) is 25.3 Å². The predicted octanol–water partition coefficient (Wildman–Crippen LogP) is 6.76. The zero-order valence-electron chi connectivity index (χ0n) is 52.4. The summed E-state index contributed by atoms with van der Waals surface area (Å²) in [5.41, 5.74) is 21.9. The summed E-state index contributed by atoms with van der Waals surface area (Å²) in [6.45, 7) is 15.0. The second kappa shape index (κ2) is 36.0. The van der Waals surface area contributed by atoms with E-state index in [1.165, 1.54) is 9.87 Å². The van der Waals surface area contributed by atoms with E-state index in [4.69, 9.17) is 49.7 Å². The first-order chi connectivity index (χ1) is 42.0. The molecule has 0 atom stereocenters. The van der Waals surface area contributed by atoms with Crippen LogP contribution in [0.15, 0.2) is 127 Å². The number of hydrogen-bond acceptors (Lipinski definition) is 13. The average Bonchev–Trinajstić information content (AvgIpc) is 1.64. The Morgan fingerprint density at radius 3 is 1.28 bits per heavy atom. The number of aryl methyl sites for hydroxylation is 6. The number of carbonyl (C=O) groups is 1. The second-order valence-electron chi connectivity index (χ2n) is 20.2. The van der Waals surface area contributed by atoms with E-state index in [1.807, 2.05) is 112 Å². The molecule has 0 amide bonds. The molecule has 9 aromatic rings. The summed E-state index contributed by atoms with van der Waals surface area (Å²) >= 11 is 10.8. The van der Waals surface area contributed by atoms with Crippen LogP contribution in [0.4, 0.5) is 17.1 Å². The number of nitrogens with two attached hydrogens (primary N) is 1. The van der Waals surface area contributed by atoms with Crippen LogP contribution in [-0.2, 0) is 58.4 Å². The Hall–Kier alpha value is -4.77. The summed E-state index contributed by atoms with van der Waals surface area (Å²) in [7, 11) is -5.08. The van der Waals surface area contributed by atoms with E-state index in [1.54, 1.807) is 12.1 Å². The van der Waals surface area contributed by atoms with Gasteiger partial charge in [0.25, 0.3) is 6.47 Å². The minimum Gasteiger partial charge on any atom is -1.00 e. The summed E-state index contributed by atoms with van der Waals surface area (Å²) in [6.07, 6.45) is 1.48. The number of halogens is 3. The summed E-state index contributed by atoms with van der Waals surface area (Å²) < 4.78 is 79.1. The SMILES string of the molecule is CCn1c(-c2ccc(N)cc2)c(C#N)c2ccc(C)cc21.CCn1c(-c2ccc(N3CCCS3(=O)=O)cc2)c(C#N)c2ccc(C)cc21.CCn1c(-c2ccc(NS(=O)(=O)CCCCl)cc2)c(C#N)c2ccc(C)cc21.O=CO[O-].O=S(=O)(Cl)CCCCl.[H-].[K+].[K+]. The molecule has 90 heavy (non-hydrogen) atoms. The molecule has 0 saturated carbocycles. The Morgan fingerprint density at radius 1 is 0.622 bits per heavy atom. The van der Waals surface area contributed by atoms with Crippen molar-refractivity contribution in [1.82, 2.24) is 13.7 Å². The fourth-order valence-electron chi connectivity index (χ4n) is 10.4. The van der Waals surface area contributed by atoms with E-state index >= 15 is 0 Å². The normalized spacial score (nSPS) is 12.1. The molecule has 6 aromatic carbocycles. The van der Waals surface area contributed by atoms with Crippen LogP contribution in [0.25, 0.3) is 66.5 Å². The summed E-state index contributed by atoms with van der Waals surface area (Å²) in [4.78, 5) is 11.2. The number of rotatable bonds is 16. The smallest absolute Gasteiger partial charge is 1.00 e. The van der Waals surface area contributed by atoms with Crippen LogP contribution in [0.3, 0.4) is 0 Å². The van der Waals surface area contributed by atoms with Crippen molar-refractivity contribution >= 4 is 119 Å². The van der Waals surface area contributed by atoms with Crippen LogP contribution < -0.4 is 123 Å². The van der Waals surface area contributed by atoms with Crippen molar-refractivity contribution in [2.45, 2.75) is 80.4 Å². The first-order valence-corrected chi connectivity index (χ1v) is 34.7. The van der Waals surface area contributed by atoms with Crippen LogP contribution in [0.5, 0.6) is 0 Å². The Bertz CT molecular complexity index is 4440. The standard InChI is InChI=1S/C21H22ClN3O2S.C21H21N3O2S.C18H17N3.C3H6Cl2O2S.CH2O3.2K.H/c1-3-25-20-13-15(2)5-10-18(20)19(14-23)21(25)16-6-8-17(9-7-16)24-28(26,27)12-4-11-22;1-3-23-20-13-15(2)5-10-18(20)19(14-22)21(23)16-6-8-17(9-7-16)24-11-4-12-27(24,25)26;1-3-21-17-10-12(2)4-9-15(17)16(11-19)18(21)13-5-7-14(20)8-6-13;4-2-1-3-8(5,6)7;2-1-4-3;;;/h5-10,13,24H,3-4,11-12H2,1-2H3;5-10,13H,3-4,11-12H2,1-2H3;4-10H,3,20H2,1-2H3;1-3H2;1,3H;;;/q;;;;;2*+1;-1/p-1. The molecule has 4 heterocycles. The topological polar surface area (TPSA) is 279 Å². The van der Waals surface area contributed by atoms with Crippen molar-refractivity contribution in [3.63, 3.8) is 0 Å². The van der Waals surface area contributed by atoms with Gasteiger partial charge in [0.2, 0.25) is 29.1 Å². The molecule has 26 heteroatoms. The number of nitriles is 3. The van der Waals surface area contributed by atoms with Gasteiger partial charge in [0.15, 0.2) is 0 Å². The Labute approximate surface area is 628 Å². The number of carbonyl (C=O) groups excluding carboxylic acids is 1. The van der Waals surface area contributed by atoms with E-state index in [-0.39, 0.29) is 128 Å². The van der Waals surface area contributed by atoms with Crippen LogP contribution >= 0.6 is 33.9 Å². The predicted molar refractivity (Wildman–Crippen MR) is 354 cm³/mol. The maximum atomic E-state index is 12.1. The maximum Gasteiger partial charge on any atom is 1.00 e. The van der Waals surface area contributed by atoms with E-state index in [2.05, 4.69) is 86.6 Å². The Kier molecular flexibility index (Phi) is 31.1. The fourth-order valence-corrected chi connectivity index (χ4v) is 14.4. The van der Waals surface area contributed by atoms with Gasteiger partial charge >= 0.3 is 103 Å². The third-order valence-electron chi connectivity index (χ3n) is 14.2. The molecule has 0 unspecified atom stereocenters. The molecule has 3 aromatic heterocycles. The van der Waals surface area contributed by atoms with Gasteiger partial charge in [-0.1, -0.05) is 72.8 Å². The van der Waals surface area contributed by atoms with Gasteiger partial charge in [0.05, 0.1) is 73.3 Å². The number of nitrogen functional groups attached to an aromatic ring is 1. The molecule has 3 N–H and O–H groups in total. The molecule has 1 aliphatic rings. The molecular formula is C64H68Cl3K2N9O9S3. The number of nitrogens with one attached hydrogen (secondary N) is 1. The van der Waals surface area contributed by atoms with E-state index in [0.29, 0.717) is 60.1 Å². The van der Waals surface area contributed by atoms with Crippen molar-refractivity contribution in [3.8, 4) is 52.0 Å². The van der Waals surface area contributed by atoms with Crippen molar-refractivity contribution in [2.24, 2.45) is 0 Å². The first-order valence-electron chi connectivity index (χ1n) is 27.9. The van der Waals surface area contributed by atoms with Crippen molar-refractivity contribution < 1.29 is 144 Å². The van der Waals surface area contributed by atoms with Gasteiger partial charge in [0.1, 0.15) is 18.2 Å². The number of anilines is 3. The summed E-state index contributed by atoms with van der Waals surface area (Å²) in [5, 5.41) is 40.5. The molecule has 0 aliphatic carbocycles. The summed E-state index contributed by atoms with van der Waals surface area (Å²) in [5.74, 6) is 0.804. The van der Waals surface area contributed by atoms with Gasteiger partial charge in [-0.3, -0.25) is 13.8 Å². The van der Waals surface area contributed by atoms with Gasteiger partial charge in [-0.2, -0.15) is 15.8 Å². The number of alkyl halides is 2. The third kappa shape index (κ3) is 19.7. The van der Waals surface area contributed by atoms with Gasteiger partial charge in [-0.05, 0) is 149 Å². The van der Waals surface area contributed by atoms with Gasteiger partial charge in [-0.15, -0.1) is 23.2 Å². The van der Waals surface area contributed by atoms with Crippen molar-refractivity contribution in [2.75, 3.05) is 50.3 Å². The molecule has 1 fully saturated rings. The van der Waals surface area contributed by atoms with Crippen LogP contribution in [0, 0.1) is 54.8 Å². The molecular weight excluding hydrogens is 1320 g/mol. The number of hydrogen-bond donors (Lipinski definition) is 2. The number of benzene rings is 6. The van der Waals surface area contributed by atoms with Crippen molar-refractivity contribution in [3.05, 3.63) is 161 Å². The molecule has 0 radical (unpaired) electrons. The number of sulfonamides is 2. The van der Waals surface area contributed by atoms with E-state index in [9.17, 15) is 41.0 Å². The zero-order valence-corrected chi connectivity index (χ0v) is 62.4. The maximum absolute atomic E-state index is 12.1.